The summed E-state index contributed by atoms with van der Waals surface area (Å²) in [5.74, 6) is 0.257. The van der Waals surface area contributed by atoms with Gasteiger partial charge in [-0.1, -0.05) is 26.0 Å². The molecule has 2 aliphatic rings. The summed E-state index contributed by atoms with van der Waals surface area (Å²) in [7, 11) is -3.55. The van der Waals surface area contributed by atoms with E-state index in [2.05, 4.69) is 13.8 Å². The summed E-state index contributed by atoms with van der Waals surface area (Å²) in [6, 6.07) is 7.07. The Hall–Kier alpha value is -1.48. The third kappa shape index (κ3) is 5.36. The molecule has 2 fully saturated rings. The molecule has 8 heteroatoms. The van der Waals surface area contributed by atoms with Crippen molar-refractivity contribution in [2.45, 2.75) is 56.6 Å². The SMILES string of the molecule is CC(OCC1CCCO1)C(=O)N1CCN(S(=O)(=O)c2ccc(C(C)C)cc2)CC1. The fourth-order valence-corrected chi connectivity index (χ4v) is 5.10. The first-order valence-corrected chi connectivity index (χ1v) is 11.8. The predicted octanol–water partition coefficient (Wildman–Crippen LogP) is 2.23. The minimum absolute atomic E-state index is 0.0781. The van der Waals surface area contributed by atoms with Gasteiger partial charge in [-0.3, -0.25) is 4.79 Å². The van der Waals surface area contributed by atoms with Gasteiger partial charge < -0.3 is 14.4 Å². The van der Waals surface area contributed by atoms with Gasteiger partial charge in [0.2, 0.25) is 10.0 Å². The summed E-state index contributed by atoms with van der Waals surface area (Å²) >= 11 is 0. The zero-order valence-electron chi connectivity index (χ0n) is 17.5. The van der Waals surface area contributed by atoms with Crippen LogP contribution in [0.1, 0.15) is 45.1 Å². The van der Waals surface area contributed by atoms with Gasteiger partial charge >= 0.3 is 0 Å². The van der Waals surface area contributed by atoms with Crippen molar-refractivity contribution in [3.05, 3.63) is 29.8 Å². The highest BCUT2D eigenvalue weighted by atomic mass is 32.2. The van der Waals surface area contributed by atoms with Crippen molar-refractivity contribution in [2.75, 3.05) is 39.4 Å². The van der Waals surface area contributed by atoms with E-state index in [9.17, 15) is 13.2 Å². The fourth-order valence-electron chi connectivity index (χ4n) is 3.68. The van der Waals surface area contributed by atoms with Crippen molar-refractivity contribution in [3.63, 3.8) is 0 Å². The number of carbonyl (C=O) groups excluding carboxylic acids is 1. The maximum atomic E-state index is 12.9. The Kier molecular flexibility index (Phi) is 7.32. The van der Waals surface area contributed by atoms with Crippen LogP contribution in [0, 0.1) is 0 Å². The summed E-state index contributed by atoms with van der Waals surface area (Å²) in [6.07, 6.45) is 1.53. The van der Waals surface area contributed by atoms with Gasteiger partial charge in [0.25, 0.3) is 5.91 Å². The van der Waals surface area contributed by atoms with Crippen molar-refractivity contribution >= 4 is 15.9 Å². The van der Waals surface area contributed by atoms with Gasteiger partial charge in [0.1, 0.15) is 6.10 Å². The molecule has 162 valence electrons. The van der Waals surface area contributed by atoms with Crippen LogP contribution in [0.5, 0.6) is 0 Å². The molecule has 2 unspecified atom stereocenters. The summed E-state index contributed by atoms with van der Waals surface area (Å²) in [5.41, 5.74) is 1.11. The summed E-state index contributed by atoms with van der Waals surface area (Å²) in [6.45, 7) is 8.40. The second kappa shape index (κ2) is 9.55. The number of carbonyl (C=O) groups is 1. The van der Waals surface area contributed by atoms with E-state index in [1.807, 2.05) is 12.1 Å². The average molecular weight is 425 g/mol. The molecule has 0 radical (unpaired) electrons. The topological polar surface area (TPSA) is 76.2 Å². The normalized spacial score (nSPS) is 22.2. The van der Waals surface area contributed by atoms with Crippen LogP contribution in [0.4, 0.5) is 0 Å². The van der Waals surface area contributed by atoms with Crippen LogP contribution in [0.2, 0.25) is 0 Å². The first-order chi connectivity index (χ1) is 13.8. The van der Waals surface area contributed by atoms with E-state index >= 15 is 0 Å². The quantitative estimate of drug-likeness (QED) is 0.671. The molecule has 1 amide bonds. The zero-order chi connectivity index (χ0) is 21.0. The second-order valence-corrected chi connectivity index (χ2v) is 10.0. The van der Waals surface area contributed by atoms with Crippen LogP contribution in [0.25, 0.3) is 0 Å². The van der Waals surface area contributed by atoms with Gasteiger partial charge in [-0.05, 0) is 43.4 Å². The number of hydrogen-bond acceptors (Lipinski definition) is 5. The predicted molar refractivity (Wildman–Crippen MR) is 110 cm³/mol. The van der Waals surface area contributed by atoms with Gasteiger partial charge in [0.15, 0.2) is 0 Å². The van der Waals surface area contributed by atoms with Crippen molar-refractivity contribution in [1.29, 1.82) is 0 Å². The highest BCUT2D eigenvalue weighted by Gasteiger charge is 2.32. The fraction of sp³-hybridized carbons (Fsp3) is 0.667. The molecule has 0 aromatic heterocycles. The van der Waals surface area contributed by atoms with E-state index in [1.54, 1.807) is 24.0 Å². The van der Waals surface area contributed by atoms with Gasteiger partial charge in [0.05, 0.1) is 17.6 Å². The summed E-state index contributed by atoms with van der Waals surface area (Å²) in [5, 5.41) is 0. The molecule has 0 N–H and O–H groups in total. The summed E-state index contributed by atoms with van der Waals surface area (Å²) in [4.78, 5) is 14.6. The number of piperazine rings is 1. The first kappa shape index (κ1) is 22.2. The van der Waals surface area contributed by atoms with Crippen molar-refractivity contribution in [3.8, 4) is 0 Å². The Morgan fingerprint density at radius 1 is 1.14 bits per heavy atom. The van der Waals surface area contributed by atoms with Crippen LogP contribution >= 0.6 is 0 Å². The molecule has 0 saturated carbocycles. The number of hydrogen-bond donors (Lipinski definition) is 0. The lowest BCUT2D eigenvalue weighted by Gasteiger charge is -2.35. The number of nitrogens with zero attached hydrogens (tertiary/aromatic N) is 2. The minimum atomic E-state index is -3.55. The highest BCUT2D eigenvalue weighted by Crippen LogP contribution is 2.21. The molecule has 0 spiro atoms. The van der Waals surface area contributed by atoms with E-state index in [4.69, 9.17) is 9.47 Å². The second-order valence-electron chi connectivity index (χ2n) is 8.06. The van der Waals surface area contributed by atoms with Crippen molar-refractivity contribution < 1.29 is 22.7 Å². The van der Waals surface area contributed by atoms with Crippen molar-refractivity contribution in [1.82, 2.24) is 9.21 Å². The smallest absolute Gasteiger partial charge is 0.251 e. The van der Waals surface area contributed by atoms with Gasteiger partial charge in [0, 0.05) is 32.8 Å². The number of rotatable bonds is 7. The molecular formula is C21H32N2O5S. The van der Waals surface area contributed by atoms with Crippen LogP contribution in [-0.4, -0.2) is 75.1 Å². The Bertz CT molecular complexity index is 780. The molecule has 2 heterocycles. The number of sulfonamides is 1. The molecule has 1 aromatic rings. The van der Waals surface area contributed by atoms with Crippen molar-refractivity contribution in [2.24, 2.45) is 0 Å². The molecule has 3 rings (SSSR count). The van der Waals surface area contributed by atoms with E-state index < -0.39 is 16.1 Å². The van der Waals surface area contributed by atoms with E-state index in [0.717, 1.165) is 25.0 Å². The standard InChI is InChI=1S/C21H32N2O5S/c1-16(2)18-6-8-20(9-7-18)29(25,26)23-12-10-22(11-13-23)21(24)17(3)28-15-19-5-4-14-27-19/h6-9,16-17,19H,4-5,10-15H2,1-3H3. The Morgan fingerprint density at radius 3 is 2.34 bits per heavy atom. The van der Waals surface area contributed by atoms with Crippen LogP contribution in [0.15, 0.2) is 29.2 Å². The molecule has 7 nitrogen and oxygen atoms in total. The van der Waals surface area contributed by atoms with Gasteiger partial charge in [-0.25, -0.2) is 8.42 Å². The minimum Gasteiger partial charge on any atom is -0.376 e. The third-order valence-corrected chi connectivity index (χ3v) is 7.55. The van der Waals surface area contributed by atoms with E-state index in [-0.39, 0.29) is 12.0 Å². The van der Waals surface area contributed by atoms with Gasteiger partial charge in [-0.2, -0.15) is 4.31 Å². The molecular weight excluding hydrogens is 392 g/mol. The largest absolute Gasteiger partial charge is 0.376 e. The zero-order valence-corrected chi connectivity index (χ0v) is 18.4. The Labute approximate surface area is 174 Å². The highest BCUT2D eigenvalue weighted by molar-refractivity contribution is 7.89. The van der Waals surface area contributed by atoms with Crippen LogP contribution < -0.4 is 0 Å². The number of amides is 1. The molecule has 2 aliphatic heterocycles. The van der Waals surface area contributed by atoms with E-state index in [1.165, 1.54) is 4.31 Å². The van der Waals surface area contributed by atoms with Gasteiger partial charge in [-0.15, -0.1) is 0 Å². The molecule has 2 saturated heterocycles. The molecule has 1 aromatic carbocycles. The maximum absolute atomic E-state index is 12.9. The Morgan fingerprint density at radius 2 is 1.79 bits per heavy atom. The molecule has 29 heavy (non-hydrogen) atoms. The molecule has 0 bridgehead atoms. The van der Waals surface area contributed by atoms with Crippen LogP contribution in [-0.2, 0) is 24.3 Å². The molecule has 2 atom stereocenters. The summed E-state index contributed by atoms with van der Waals surface area (Å²) < 4.78 is 38.5. The lowest BCUT2D eigenvalue weighted by molar-refractivity contribution is -0.145. The lowest BCUT2D eigenvalue weighted by atomic mass is 10.0. The third-order valence-electron chi connectivity index (χ3n) is 5.64. The molecule has 0 aliphatic carbocycles. The average Bonchev–Trinajstić information content (AvgIpc) is 3.25. The number of benzene rings is 1. The van der Waals surface area contributed by atoms with Crippen LogP contribution in [0.3, 0.4) is 0 Å². The first-order valence-electron chi connectivity index (χ1n) is 10.4. The number of ether oxygens (including phenoxy) is 2. The monoisotopic (exact) mass is 424 g/mol. The lowest BCUT2D eigenvalue weighted by Crippen LogP contribution is -2.52. The maximum Gasteiger partial charge on any atom is 0.251 e. The van der Waals surface area contributed by atoms with E-state index in [0.29, 0.717) is 43.6 Å². The Balaban J connectivity index is 1.52.